The number of pyridine rings is 1. The van der Waals surface area contributed by atoms with E-state index >= 15 is 0 Å². The van der Waals surface area contributed by atoms with Crippen LogP contribution in [0.25, 0.3) is 5.82 Å². The van der Waals surface area contributed by atoms with Crippen molar-refractivity contribution in [1.29, 1.82) is 0 Å². The fourth-order valence-corrected chi connectivity index (χ4v) is 4.70. The van der Waals surface area contributed by atoms with Crippen molar-refractivity contribution in [1.82, 2.24) is 19.9 Å². The zero-order chi connectivity index (χ0) is 26.0. The van der Waals surface area contributed by atoms with Crippen LogP contribution in [0.5, 0.6) is 5.75 Å². The van der Waals surface area contributed by atoms with Crippen LogP contribution in [0.3, 0.4) is 0 Å². The zero-order valence-corrected chi connectivity index (χ0v) is 21.7. The van der Waals surface area contributed by atoms with Crippen molar-refractivity contribution in [2.45, 2.75) is 72.4 Å². The highest BCUT2D eigenvalue weighted by Crippen LogP contribution is 2.41. The van der Waals surface area contributed by atoms with Gasteiger partial charge in [-0.2, -0.15) is 13.2 Å². The van der Waals surface area contributed by atoms with Crippen molar-refractivity contribution in [2.24, 2.45) is 17.3 Å². The third kappa shape index (κ3) is 6.11. The Hall–Kier alpha value is -2.29. The monoisotopic (exact) mass is 514 g/mol. The number of carbonyl (C=O) groups excluding carboxylic acids is 1. The van der Waals surface area contributed by atoms with Gasteiger partial charge >= 0.3 is 6.18 Å². The summed E-state index contributed by atoms with van der Waals surface area (Å²) in [6.45, 7) is 6.98. The van der Waals surface area contributed by atoms with Gasteiger partial charge in [0.15, 0.2) is 17.3 Å². The Balaban J connectivity index is 1.86. The largest absolute Gasteiger partial charge is 0.493 e. The number of aryl methyl sites for hydroxylation is 1. The third-order valence-electron chi connectivity index (χ3n) is 6.84. The minimum atomic E-state index is -4.36. The van der Waals surface area contributed by atoms with Gasteiger partial charge in [0.05, 0.1) is 12.5 Å². The average Bonchev–Trinajstić information content (AvgIpc) is 3.13. The molecule has 0 unspecified atom stereocenters. The van der Waals surface area contributed by atoms with Crippen molar-refractivity contribution < 1.29 is 22.7 Å². The lowest BCUT2D eigenvalue weighted by molar-refractivity contribution is -0.211. The van der Waals surface area contributed by atoms with Crippen LogP contribution in [-0.2, 0) is 12.8 Å². The molecule has 1 aliphatic carbocycles. The molecule has 0 radical (unpaired) electrons. The summed E-state index contributed by atoms with van der Waals surface area (Å²) in [4.78, 5) is 21.7. The minimum Gasteiger partial charge on any atom is -0.493 e. The minimum absolute atomic E-state index is 0.0887. The molecule has 1 saturated carbocycles. The van der Waals surface area contributed by atoms with E-state index in [1.54, 1.807) is 0 Å². The number of aromatic nitrogens is 3. The van der Waals surface area contributed by atoms with E-state index in [-0.39, 0.29) is 34.7 Å². The Kier molecular flexibility index (Phi) is 8.40. The second-order valence-corrected chi connectivity index (χ2v) is 10.5. The first-order valence-electron chi connectivity index (χ1n) is 12.0. The number of halogens is 4. The summed E-state index contributed by atoms with van der Waals surface area (Å²) in [6, 6.07) is 1.52. The van der Waals surface area contributed by atoms with E-state index in [0.717, 1.165) is 45.4 Å². The maximum Gasteiger partial charge on any atom is 0.394 e. The van der Waals surface area contributed by atoms with Gasteiger partial charge < -0.3 is 10.1 Å². The van der Waals surface area contributed by atoms with E-state index in [0.29, 0.717) is 30.3 Å². The van der Waals surface area contributed by atoms with E-state index in [9.17, 15) is 18.0 Å². The molecule has 2 heterocycles. The maximum absolute atomic E-state index is 13.4. The first-order chi connectivity index (χ1) is 16.4. The number of nitrogens with zero attached hydrogens (tertiary/aromatic N) is 3. The predicted octanol–water partition coefficient (Wildman–Crippen LogP) is 6.18. The quantitative estimate of drug-likeness (QED) is 0.457. The van der Waals surface area contributed by atoms with Crippen molar-refractivity contribution in [3.63, 3.8) is 0 Å². The van der Waals surface area contributed by atoms with Crippen molar-refractivity contribution in [3.05, 3.63) is 34.5 Å². The normalized spacial score (nSPS) is 19.0. The van der Waals surface area contributed by atoms with Gasteiger partial charge in [0.1, 0.15) is 11.0 Å². The number of nitrogens with one attached hydrogen (secondary N) is 1. The molecule has 0 bridgehead atoms. The molecule has 1 fully saturated rings. The first kappa shape index (κ1) is 27.3. The number of hydrogen-bond donors (Lipinski definition) is 1. The topological polar surface area (TPSA) is 69.0 Å². The predicted molar refractivity (Wildman–Crippen MR) is 129 cm³/mol. The molecule has 2 aromatic rings. The summed E-state index contributed by atoms with van der Waals surface area (Å²) in [7, 11) is 1.41. The SMILES string of the molecule is CCc1nc(C(=O)NCC2CCC(C)CC2)c(Cl)n1-c1ncc(CC(C)(C)C(F)(F)F)cc1OC. The fourth-order valence-electron chi connectivity index (χ4n) is 4.40. The van der Waals surface area contributed by atoms with Crippen LogP contribution in [0.1, 0.15) is 75.3 Å². The van der Waals surface area contributed by atoms with Crippen molar-refractivity contribution in [2.75, 3.05) is 13.7 Å². The Morgan fingerprint density at radius 1 is 1.26 bits per heavy atom. The molecule has 3 rings (SSSR count). The Bertz CT molecular complexity index is 1040. The van der Waals surface area contributed by atoms with Crippen LogP contribution in [0.4, 0.5) is 13.2 Å². The number of hydrogen-bond acceptors (Lipinski definition) is 4. The second kappa shape index (κ2) is 10.8. The highest BCUT2D eigenvalue weighted by Gasteiger charge is 2.47. The van der Waals surface area contributed by atoms with E-state index in [1.807, 2.05) is 6.92 Å². The van der Waals surface area contributed by atoms with Gasteiger partial charge in [0, 0.05) is 19.2 Å². The second-order valence-electron chi connectivity index (χ2n) is 10.1. The van der Waals surface area contributed by atoms with Crippen molar-refractivity contribution in [3.8, 4) is 11.6 Å². The van der Waals surface area contributed by atoms with E-state index < -0.39 is 11.6 Å². The van der Waals surface area contributed by atoms with Crippen LogP contribution < -0.4 is 10.1 Å². The zero-order valence-electron chi connectivity index (χ0n) is 20.9. The number of alkyl halides is 3. The van der Waals surface area contributed by atoms with Crippen LogP contribution in [0.15, 0.2) is 12.3 Å². The van der Waals surface area contributed by atoms with Crippen molar-refractivity contribution >= 4 is 17.5 Å². The summed E-state index contributed by atoms with van der Waals surface area (Å²) in [5.74, 6) is 1.84. The van der Waals surface area contributed by atoms with Gasteiger partial charge in [0.25, 0.3) is 5.91 Å². The Morgan fingerprint density at radius 3 is 2.49 bits per heavy atom. The first-order valence-corrected chi connectivity index (χ1v) is 12.4. The third-order valence-corrected chi connectivity index (χ3v) is 7.19. The number of methoxy groups -OCH3 is 1. The smallest absolute Gasteiger partial charge is 0.394 e. The summed E-state index contributed by atoms with van der Waals surface area (Å²) < 4.78 is 47.0. The van der Waals surface area contributed by atoms with E-state index in [4.69, 9.17) is 16.3 Å². The highest BCUT2D eigenvalue weighted by atomic mass is 35.5. The summed E-state index contributed by atoms with van der Waals surface area (Å²) in [5, 5.41) is 3.05. The lowest BCUT2D eigenvalue weighted by Crippen LogP contribution is -2.34. The van der Waals surface area contributed by atoms with Crippen LogP contribution in [0.2, 0.25) is 5.15 Å². The number of ether oxygens (including phenoxy) is 1. The van der Waals surface area contributed by atoms with Crippen LogP contribution in [-0.4, -0.2) is 40.3 Å². The van der Waals surface area contributed by atoms with Gasteiger partial charge in [0.2, 0.25) is 0 Å². The maximum atomic E-state index is 13.4. The fraction of sp³-hybridized carbons (Fsp3) is 0.640. The number of imidazole rings is 1. The van der Waals surface area contributed by atoms with Gasteiger partial charge in [-0.3, -0.25) is 9.36 Å². The average molecular weight is 515 g/mol. The summed E-state index contributed by atoms with van der Waals surface area (Å²) in [5.41, 5.74) is -1.45. The van der Waals surface area contributed by atoms with Gasteiger partial charge in [-0.25, -0.2) is 9.97 Å². The molecule has 1 amide bonds. The van der Waals surface area contributed by atoms with Crippen LogP contribution in [0, 0.1) is 17.3 Å². The molecule has 1 N–H and O–H groups in total. The summed E-state index contributed by atoms with van der Waals surface area (Å²) >= 11 is 6.61. The summed E-state index contributed by atoms with van der Waals surface area (Å²) in [6.07, 6.45) is 1.72. The standard InChI is InChI=1S/C25H34ClF3N4O2/c1-6-19-32-20(23(34)31-13-16-9-7-15(2)8-10-16)21(26)33(19)22-18(35-5)11-17(14-30-22)12-24(3,4)25(27,28)29/h11,14-16H,6-10,12-13H2,1-5H3,(H,31,34). The molecular formula is C25H34ClF3N4O2. The molecule has 0 aromatic carbocycles. The molecule has 6 nitrogen and oxygen atoms in total. The molecule has 2 aromatic heterocycles. The molecule has 10 heteroatoms. The Labute approximate surface area is 209 Å². The number of rotatable bonds is 8. The molecule has 1 aliphatic rings. The highest BCUT2D eigenvalue weighted by molar-refractivity contribution is 6.32. The molecule has 35 heavy (non-hydrogen) atoms. The molecule has 0 atom stereocenters. The van der Waals surface area contributed by atoms with Gasteiger partial charge in [-0.15, -0.1) is 0 Å². The van der Waals surface area contributed by atoms with Crippen LogP contribution >= 0.6 is 11.6 Å². The number of amides is 1. The lowest BCUT2D eigenvalue weighted by atomic mass is 9.83. The van der Waals surface area contributed by atoms with Gasteiger partial charge in [-0.1, -0.05) is 52.1 Å². The molecule has 0 saturated heterocycles. The molecule has 0 aliphatic heterocycles. The van der Waals surface area contributed by atoms with E-state index in [2.05, 4.69) is 22.2 Å². The Morgan fingerprint density at radius 2 is 1.91 bits per heavy atom. The van der Waals surface area contributed by atoms with E-state index in [1.165, 1.54) is 23.9 Å². The number of carbonyl (C=O) groups is 1. The molecule has 0 spiro atoms. The van der Waals surface area contributed by atoms with Gasteiger partial charge in [-0.05, 0) is 42.7 Å². The lowest BCUT2D eigenvalue weighted by Gasteiger charge is -2.27. The molecule has 194 valence electrons. The molecular weight excluding hydrogens is 481 g/mol.